The highest BCUT2D eigenvalue weighted by molar-refractivity contribution is 8.00. The zero-order valence-electron chi connectivity index (χ0n) is 9.17. The molecule has 0 bridgehead atoms. The maximum absolute atomic E-state index is 11.0. The number of hydrogen-bond donors (Lipinski definition) is 2. The maximum Gasteiger partial charge on any atom is 0.319 e. The Hall–Kier alpha value is -1.00. The van der Waals surface area contributed by atoms with Gasteiger partial charge in [-0.05, 0) is 18.6 Å². The molecule has 0 spiro atoms. The predicted octanol–water partition coefficient (Wildman–Crippen LogP) is 2.39. The lowest BCUT2D eigenvalue weighted by Crippen LogP contribution is -2.30. The molecule has 1 rings (SSSR count). The summed E-state index contributed by atoms with van der Waals surface area (Å²) in [5.74, 6) is -0.963. The molecule has 4 heteroatoms. The van der Waals surface area contributed by atoms with E-state index >= 15 is 0 Å². The van der Waals surface area contributed by atoms with E-state index in [1.165, 1.54) is 11.8 Å². The minimum Gasteiger partial charge on any atom is -0.480 e. The van der Waals surface area contributed by atoms with Crippen LogP contribution in [-0.4, -0.2) is 27.5 Å². The number of hydrogen-bond acceptors (Lipinski definition) is 3. The molecule has 1 aromatic rings. The molecule has 0 aliphatic carbocycles. The van der Waals surface area contributed by atoms with Gasteiger partial charge >= 0.3 is 5.97 Å². The molecule has 88 valence electrons. The molecule has 2 atom stereocenters. The Kier molecular flexibility index (Phi) is 5.35. The van der Waals surface area contributed by atoms with Crippen molar-refractivity contribution >= 4 is 17.7 Å². The normalized spacial score (nSPS) is 14.4. The van der Waals surface area contributed by atoms with Crippen molar-refractivity contribution in [1.82, 2.24) is 0 Å². The molecule has 0 unspecified atom stereocenters. The molecule has 16 heavy (non-hydrogen) atoms. The number of aliphatic hydroxyl groups excluding tert-OH is 1. The van der Waals surface area contributed by atoms with Crippen molar-refractivity contribution in [3.8, 4) is 0 Å². The van der Waals surface area contributed by atoms with E-state index in [-0.39, 0.29) is 0 Å². The van der Waals surface area contributed by atoms with Crippen LogP contribution >= 0.6 is 11.8 Å². The third-order valence-corrected chi connectivity index (χ3v) is 3.50. The molecule has 0 fully saturated rings. The zero-order valence-corrected chi connectivity index (χ0v) is 9.98. The summed E-state index contributed by atoms with van der Waals surface area (Å²) in [5, 5.41) is 18.0. The fourth-order valence-corrected chi connectivity index (χ4v) is 2.39. The standard InChI is InChI=1S/C12H16O3S/c1-2-6-10(13)11(12(14)15)16-9-7-4-3-5-8-9/h3-5,7-8,10-11,13H,2,6H2,1H3,(H,14,15)/t10-,11+/m1/s1. The van der Waals surface area contributed by atoms with Crippen molar-refractivity contribution in [1.29, 1.82) is 0 Å². The van der Waals surface area contributed by atoms with Crippen LogP contribution in [0.5, 0.6) is 0 Å². The summed E-state index contributed by atoms with van der Waals surface area (Å²) in [7, 11) is 0. The summed E-state index contributed by atoms with van der Waals surface area (Å²) in [6.45, 7) is 1.93. The third-order valence-electron chi connectivity index (χ3n) is 2.18. The fraction of sp³-hybridized carbons (Fsp3) is 0.417. The van der Waals surface area contributed by atoms with Crippen LogP contribution < -0.4 is 0 Å². The molecule has 0 amide bonds. The van der Waals surface area contributed by atoms with Gasteiger partial charge in [0.1, 0.15) is 5.25 Å². The number of aliphatic hydroxyl groups is 1. The summed E-state index contributed by atoms with van der Waals surface area (Å²) in [4.78, 5) is 11.9. The van der Waals surface area contributed by atoms with Gasteiger partial charge in [-0.2, -0.15) is 0 Å². The summed E-state index contributed by atoms with van der Waals surface area (Å²) in [6.07, 6.45) is 0.490. The van der Waals surface area contributed by atoms with Crippen LogP contribution in [0.4, 0.5) is 0 Å². The molecule has 0 aliphatic heterocycles. The van der Waals surface area contributed by atoms with Crippen LogP contribution in [0.1, 0.15) is 19.8 Å². The van der Waals surface area contributed by atoms with Gasteiger partial charge in [0.2, 0.25) is 0 Å². The SMILES string of the molecule is CCC[C@@H](O)[C@H](Sc1ccccc1)C(=O)O. The highest BCUT2D eigenvalue weighted by Gasteiger charge is 2.26. The van der Waals surface area contributed by atoms with Crippen molar-refractivity contribution in [2.24, 2.45) is 0 Å². The Labute approximate surface area is 99.5 Å². The molecule has 1 aromatic carbocycles. The zero-order chi connectivity index (χ0) is 12.0. The average molecular weight is 240 g/mol. The second-order valence-electron chi connectivity index (χ2n) is 3.55. The van der Waals surface area contributed by atoms with E-state index in [4.69, 9.17) is 5.11 Å². The maximum atomic E-state index is 11.0. The molecule has 2 N–H and O–H groups in total. The predicted molar refractivity (Wildman–Crippen MR) is 64.6 cm³/mol. The first-order valence-electron chi connectivity index (χ1n) is 5.27. The van der Waals surface area contributed by atoms with E-state index in [1.807, 2.05) is 37.3 Å². The Balaban J connectivity index is 2.69. The van der Waals surface area contributed by atoms with Gasteiger partial charge in [0.05, 0.1) is 6.10 Å². The van der Waals surface area contributed by atoms with Gasteiger partial charge in [-0.1, -0.05) is 31.5 Å². The Morgan fingerprint density at radius 2 is 2.00 bits per heavy atom. The van der Waals surface area contributed by atoms with Crippen molar-refractivity contribution in [2.45, 2.75) is 36.0 Å². The molecule has 0 radical (unpaired) electrons. The molecular formula is C12H16O3S. The first kappa shape index (κ1) is 13.1. The van der Waals surface area contributed by atoms with Gasteiger partial charge in [0.15, 0.2) is 0 Å². The molecule has 0 saturated heterocycles. The van der Waals surface area contributed by atoms with E-state index in [0.29, 0.717) is 6.42 Å². The van der Waals surface area contributed by atoms with Gasteiger partial charge in [0, 0.05) is 4.90 Å². The number of aliphatic carboxylic acids is 1. The smallest absolute Gasteiger partial charge is 0.319 e. The van der Waals surface area contributed by atoms with E-state index in [2.05, 4.69) is 0 Å². The van der Waals surface area contributed by atoms with Crippen molar-refractivity contribution < 1.29 is 15.0 Å². The molecular weight excluding hydrogens is 224 g/mol. The van der Waals surface area contributed by atoms with Crippen LogP contribution in [0.3, 0.4) is 0 Å². The molecule has 0 heterocycles. The monoisotopic (exact) mass is 240 g/mol. The minimum absolute atomic E-state index is 0.511. The largest absolute Gasteiger partial charge is 0.480 e. The van der Waals surface area contributed by atoms with Gasteiger partial charge in [0.25, 0.3) is 0 Å². The van der Waals surface area contributed by atoms with Crippen molar-refractivity contribution in [3.05, 3.63) is 30.3 Å². The van der Waals surface area contributed by atoms with Gasteiger partial charge in [-0.3, -0.25) is 4.79 Å². The molecule has 0 aromatic heterocycles. The van der Waals surface area contributed by atoms with E-state index in [1.54, 1.807) is 0 Å². The van der Waals surface area contributed by atoms with Crippen LogP contribution in [-0.2, 0) is 4.79 Å². The van der Waals surface area contributed by atoms with E-state index in [0.717, 1.165) is 11.3 Å². The lowest BCUT2D eigenvalue weighted by atomic mass is 10.1. The highest BCUT2D eigenvalue weighted by atomic mass is 32.2. The van der Waals surface area contributed by atoms with E-state index < -0.39 is 17.3 Å². The lowest BCUT2D eigenvalue weighted by molar-refractivity contribution is -0.138. The number of benzene rings is 1. The Bertz CT molecular complexity index is 326. The number of carbonyl (C=O) groups is 1. The minimum atomic E-state index is -0.963. The Morgan fingerprint density at radius 3 is 2.50 bits per heavy atom. The quantitative estimate of drug-likeness (QED) is 0.750. The summed E-state index contributed by atoms with van der Waals surface area (Å²) < 4.78 is 0. The van der Waals surface area contributed by atoms with Crippen LogP contribution in [0.15, 0.2) is 35.2 Å². The van der Waals surface area contributed by atoms with Gasteiger partial charge in [-0.15, -0.1) is 11.8 Å². The summed E-state index contributed by atoms with van der Waals surface area (Å²) in [5.41, 5.74) is 0. The average Bonchev–Trinajstić information content (AvgIpc) is 2.27. The third kappa shape index (κ3) is 3.87. The number of carboxylic acids is 1. The second-order valence-corrected chi connectivity index (χ2v) is 4.76. The second kappa shape index (κ2) is 6.55. The van der Waals surface area contributed by atoms with Crippen LogP contribution in [0.2, 0.25) is 0 Å². The lowest BCUT2D eigenvalue weighted by Gasteiger charge is -2.17. The highest BCUT2D eigenvalue weighted by Crippen LogP contribution is 2.26. The van der Waals surface area contributed by atoms with E-state index in [9.17, 15) is 9.90 Å². The number of thioether (sulfide) groups is 1. The van der Waals surface area contributed by atoms with Gasteiger partial charge < -0.3 is 10.2 Å². The van der Waals surface area contributed by atoms with Gasteiger partial charge in [-0.25, -0.2) is 0 Å². The van der Waals surface area contributed by atoms with Crippen LogP contribution in [0, 0.1) is 0 Å². The Morgan fingerprint density at radius 1 is 1.38 bits per heavy atom. The van der Waals surface area contributed by atoms with Crippen LogP contribution in [0.25, 0.3) is 0 Å². The van der Waals surface area contributed by atoms with Crippen molar-refractivity contribution in [2.75, 3.05) is 0 Å². The topological polar surface area (TPSA) is 57.5 Å². The van der Waals surface area contributed by atoms with Crippen molar-refractivity contribution in [3.63, 3.8) is 0 Å². The number of carboxylic acid groups (broad SMARTS) is 1. The number of rotatable bonds is 6. The summed E-state index contributed by atoms with van der Waals surface area (Å²) in [6, 6.07) is 9.28. The summed E-state index contributed by atoms with van der Waals surface area (Å²) >= 11 is 1.20. The first-order chi connectivity index (χ1) is 7.65. The fourth-order valence-electron chi connectivity index (χ4n) is 1.39. The first-order valence-corrected chi connectivity index (χ1v) is 6.15. The molecule has 0 saturated carbocycles. The molecule has 3 nitrogen and oxygen atoms in total. The molecule has 0 aliphatic rings.